The van der Waals surface area contributed by atoms with Gasteiger partial charge in [-0.2, -0.15) is 0 Å². The summed E-state index contributed by atoms with van der Waals surface area (Å²) in [5.74, 6) is 0. The molecule has 0 aliphatic heterocycles. The minimum Gasteiger partial charge on any atom is -0.389 e. The highest BCUT2D eigenvalue weighted by molar-refractivity contribution is 7.80. The lowest BCUT2D eigenvalue weighted by molar-refractivity contribution is 0.634. The average Bonchev–Trinajstić information content (AvgIpc) is 2.05. The fourth-order valence-corrected chi connectivity index (χ4v) is 1.57. The minimum atomic E-state index is -0.0344. The van der Waals surface area contributed by atoms with Gasteiger partial charge < -0.3 is 11.1 Å². The van der Waals surface area contributed by atoms with Crippen LogP contribution in [0.1, 0.15) is 26.3 Å². The number of nitrogens with two attached hydrogens (primary N) is 1. The summed E-state index contributed by atoms with van der Waals surface area (Å²) in [7, 11) is 0. The van der Waals surface area contributed by atoms with E-state index in [0.717, 1.165) is 11.3 Å². The van der Waals surface area contributed by atoms with E-state index in [-0.39, 0.29) is 5.54 Å². The Hall–Kier alpha value is -0.800. The molecule has 0 heterocycles. The molecule has 82 valence electrons. The highest BCUT2D eigenvalue weighted by Gasteiger charge is 2.13. The normalized spacial score (nSPS) is 11.2. The Labute approximate surface area is 101 Å². The third-order valence-electron chi connectivity index (χ3n) is 1.76. The average molecular weight is 243 g/mol. The maximum Gasteiger partial charge on any atom is 0.106 e. The molecular formula is C11H15ClN2S. The Kier molecular flexibility index (Phi) is 3.58. The smallest absolute Gasteiger partial charge is 0.106 e. The van der Waals surface area contributed by atoms with E-state index in [0.29, 0.717) is 10.0 Å². The van der Waals surface area contributed by atoms with Gasteiger partial charge in [0.05, 0.1) is 0 Å². The first kappa shape index (κ1) is 12.3. The first-order valence-electron chi connectivity index (χ1n) is 4.67. The monoisotopic (exact) mass is 242 g/mol. The van der Waals surface area contributed by atoms with E-state index in [1.54, 1.807) is 6.07 Å². The molecule has 0 fully saturated rings. The minimum absolute atomic E-state index is 0.0344. The van der Waals surface area contributed by atoms with E-state index < -0.39 is 0 Å². The van der Waals surface area contributed by atoms with Crippen molar-refractivity contribution >= 4 is 34.5 Å². The lowest BCUT2D eigenvalue weighted by Crippen LogP contribution is -2.27. The molecule has 1 aromatic rings. The van der Waals surface area contributed by atoms with E-state index in [2.05, 4.69) is 26.1 Å². The summed E-state index contributed by atoms with van der Waals surface area (Å²) in [6, 6.07) is 5.48. The molecule has 0 saturated carbocycles. The fraction of sp³-hybridized carbons (Fsp3) is 0.364. The van der Waals surface area contributed by atoms with Crippen LogP contribution in [0.25, 0.3) is 0 Å². The highest BCUT2D eigenvalue weighted by Crippen LogP contribution is 2.23. The topological polar surface area (TPSA) is 38.0 Å². The molecule has 0 aliphatic carbocycles. The second-order valence-corrected chi connectivity index (χ2v) is 5.31. The Bertz CT molecular complexity index is 383. The molecule has 0 amide bonds. The van der Waals surface area contributed by atoms with Crippen molar-refractivity contribution in [3.8, 4) is 0 Å². The Morgan fingerprint density at radius 1 is 1.40 bits per heavy atom. The molecule has 0 bridgehead atoms. The van der Waals surface area contributed by atoms with E-state index in [1.165, 1.54) is 0 Å². The molecule has 0 aliphatic rings. The first-order valence-corrected chi connectivity index (χ1v) is 5.46. The zero-order valence-corrected chi connectivity index (χ0v) is 10.7. The van der Waals surface area contributed by atoms with Crippen molar-refractivity contribution in [3.63, 3.8) is 0 Å². The van der Waals surface area contributed by atoms with Gasteiger partial charge in [0.2, 0.25) is 0 Å². The molecule has 4 heteroatoms. The van der Waals surface area contributed by atoms with Crippen molar-refractivity contribution in [2.45, 2.75) is 26.3 Å². The first-order chi connectivity index (χ1) is 6.79. The molecule has 2 nitrogen and oxygen atoms in total. The van der Waals surface area contributed by atoms with Gasteiger partial charge in [-0.15, -0.1) is 0 Å². The van der Waals surface area contributed by atoms with Crippen molar-refractivity contribution in [2.75, 3.05) is 5.32 Å². The van der Waals surface area contributed by atoms with Crippen LogP contribution in [0.5, 0.6) is 0 Å². The zero-order chi connectivity index (χ0) is 11.6. The van der Waals surface area contributed by atoms with Gasteiger partial charge in [-0.25, -0.2) is 0 Å². The van der Waals surface area contributed by atoms with Crippen molar-refractivity contribution in [3.05, 3.63) is 28.8 Å². The molecule has 1 rings (SSSR count). The highest BCUT2D eigenvalue weighted by atomic mass is 35.5. The Morgan fingerprint density at radius 2 is 2.00 bits per heavy atom. The molecule has 0 unspecified atom stereocenters. The van der Waals surface area contributed by atoms with E-state index in [1.807, 2.05) is 12.1 Å². The molecule has 0 spiro atoms. The number of rotatable bonds is 2. The molecule has 0 radical (unpaired) electrons. The van der Waals surface area contributed by atoms with E-state index in [9.17, 15) is 0 Å². The molecule has 15 heavy (non-hydrogen) atoms. The van der Waals surface area contributed by atoms with Gasteiger partial charge in [0.25, 0.3) is 0 Å². The van der Waals surface area contributed by atoms with E-state index >= 15 is 0 Å². The summed E-state index contributed by atoms with van der Waals surface area (Å²) in [6.45, 7) is 6.22. The SMILES string of the molecule is CC(C)(C)Nc1ccc(Cl)cc1C(N)=S. The lowest BCUT2D eigenvalue weighted by atomic mass is 10.1. The van der Waals surface area contributed by atoms with Gasteiger partial charge in [-0.05, 0) is 39.0 Å². The predicted molar refractivity (Wildman–Crippen MR) is 70.7 cm³/mol. The van der Waals surface area contributed by atoms with Crippen molar-refractivity contribution in [1.29, 1.82) is 0 Å². The Morgan fingerprint density at radius 3 is 2.47 bits per heavy atom. The van der Waals surface area contributed by atoms with Crippen LogP contribution in [0.3, 0.4) is 0 Å². The van der Waals surface area contributed by atoms with Crippen LogP contribution in [-0.2, 0) is 0 Å². The van der Waals surface area contributed by atoms with Crippen LogP contribution < -0.4 is 11.1 Å². The molecular weight excluding hydrogens is 228 g/mol. The molecule has 0 saturated heterocycles. The number of benzene rings is 1. The summed E-state index contributed by atoms with van der Waals surface area (Å²) >= 11 is 10.9. The standard InChI is InChI=1S/C11H15ClN2S/c1-11(2,3)14-9-5-4-7(12)6-8(9)10(13)15/h4-6,14H,1-3H3,(H2,13,15). The number of thiocarbonyl (C=S) groups is 1. The quantitative estimate of drug-likeness (QED) is 0.783. The van der Waals surface area contributed by atoms with Crippen molar-refractivity contribution < 1.29 is 0 Å². The van der Waals surface area contributed by atoms with Crippen LogP contribution in [0.2, 0.25) is 5.02 Å². The summed E-state index contributed by atoms with van der Waals surface area (Å²) < 4.78 is 0. The van der Waals surface area contributed by atoms with Gasteiger partial charge in [0, 0.05) is 21.8 Å². The maximum atomic E-state index is 5.89. The van der Waals surface area contributed by atoms with Crippen molar-refractivity contribution in [2.24, 2.45) is 5.73 Å². The third-order valence-corrected chi connectivity index (χ3v) is 2.21. The third kappa shape index (κ3) is 3.68. The summed E-state index contributed by atoms with van der Waals surface area (Å²) in [5, 5.41) is 3.97. The summed E-state index contributed by atoms with van der Waals surface area (Å²) in [4.78, 5) is 0.351. The van der Waals surface area contributed by atoms with Crippen molar-refractivity contribution in [1.82, 2.24) is 0 Å². The second-order valence-electron chi connectivity index (χ2n) is 4.43. The second kappa shape index (κ2) is 4.37. The Balaban J connectivity index is 3.12. The fourth-order valence-electron chi connectivity index (χ4n) is 1.23. The summed E-state index contributed by atoms with van der Waals surface area (Å²) in [5.41, 5.74) is 7.30. The largest absolute Gasteiger partial charge is 0.389 e. The molecule has 3 N–H and O–H groups in total. The van der Waals surface area contributed by atoms with Gasteiger partial charge in [0.15, 0.2) is 0 Å². The van der Waals surface area contributed by atoms with Crippen LogP contribution in [0.4, 0.5) is 5.69 Å². The van der Waals surface area contributed by atoms with Crippen LogP contribution >= 0.6 is 23.8 Å². The van der Waals surface area contributed by atoms with Gasteiger partial charge in [-0.1, -0.05) is 23.8 Å². The number of halogens is 1. The number of hydrogen-bond acceptors (Lipinski definition) is 2. The lowest BCUT2D eigenvalue weighted by Gasteiger charge is -2.24. The number of nitrogens with one attached hydrogen (secondary N) is 1. The number of anilines is 1. The zero-order valence-electron chi connectivity index (χ0n) is 9.10. The van der Waals surface area contributed by atoms with Crippen LogP contribution in [-0.4, -0.2) is 10.5 Å². The van der Waals surface area contributed by atoms with Gasteiger partial charge in [0.1, 0.15) is 4.99 Å². The predicted octanol–water partition coefficient (Wildman–Crippen LogP) is 3.18. The number of hydrogen-bond donors (Lipinski definition) is 2. The van der Waals surface area contributed by atoms with Crippen LogP contribution in [0.15, 0.2) is 18.2 Å². The van der Waals surface area contributed by atoms with E-state index in [4.69, 9.17) is 29.6 Å². The van der Waals surface area contributed by atoms with Crippen LogP contribution in [0, 0.1) is 0 Å². The molecule has 1 aromatic carbocycles. The summed E-state index contributed by atoms with van der Waals surface area (Å²) in [6.07, 6.45) is 0. The van der Waals surface area contributed by atoms with Gasteiger partial charge >= 0.3 is 0 Å². The maximum absolute atomic E-state index is 5.89. The molecule has 0 aromatic heterocycles. The molecule has 0 atom stereocenters. The van der Waals surface area contributed by atoms with Gasteiger partial charge in [-0.3, -0.25) is 0 Å².